The fraction of sp³-hybridized carbons (Fsp3) is 0.250. The Labute approximate surface area is 135 Å². The number of sulfonamides is 1. The van der Waals surface area contributed by atoms with Crippen LogP contribution < -0.4 is 4.72 Å². The largest absolute Gasteiger partial charge is 0.478 e. The second-order valence-electron chi connectivity index (χ2n) is 5.36. The summed E-state index contributed by atoms with van der Waals surface area (Å²) >= 11 is 0. The minimum Gasteiger partial charge on any atom is -0.478 e. The molecule has 0 fully saturated rings. The number of rotatable bonds is 5. The van der Waals surface area contributed by atoms with E-state index >= 15 is 0 Å². The van der Waals surface area contributed by atoms with Crippen LogP contribution in [-0.2, 0) is 10.0 Å². The Morgan fingerprint density at radius 2 is 1.91 bits per heavy atom. The molecule has 23 heavy (non-hydrogen) atoms. The SMILES string of the molecule is Cc1cc(C(C)NS(=O)(=O)c2ccc(C(=O)O)c(C)c2)ccn1. The van der Waals surface area contributed by atoms with Crippen LogP contribution in [0.15, 0.2) is 41.4 Å². The molecule has 1 heterocycles. The van der Waals surface area contributed by atoms with E-state index in [9.17, 15) is 13.2 Å². The van der Waals surface area contributed by atoms with Gasteiger partial charge < -0.3 is 5.11 Å². The number of carbonyl (C=O) groups is 1. The van der Waals surface area contributed by atoms with Gasteiger partial charge in [0, 0.05) is 17.9 Å². The fourth-order valence-electron chi connectivity index (χ4n) is 2.25. The molecule has 2 aromatic rings. The first kappa shape index (κ1) is 17.1. The molecule has 0 radical (unpaired) electrons. The number of hydrogen-bond acceptors (Lipinski definition) is 4. The lowest BCUT2D eigenvalue weighted by atomic mass is 10.1. The van der Waals surface area contributed by atoms with Crippen molar-refractivity contribution in [2.24, 2.45) is 0 Å². The van der Waals surface area contributed by atoms with Gasteiger partial charge in [-0.15, -0.1) is 0 Å². The second-order valence-corrected chi connectivity index (χ2v) is 7.07. The first-order valence-electron chi connectivity index (χ1n) is 6.99. The summed E-state index contributed by atoms with van der Waals surface area (Å²) in [6.07, 6.45) is 1.63. The van der Waals surface area contributed by atoms with Crippen LogP contribution in [0.4, 0.5) is 0 Å². The van der Waals surface area contributed by atoms with E-state index in [1.807, 2.05) is 13.0 Å². The molecule has 2 rings (SSSR count). The molecule has 7 heteroatoms. The van der Waals surface area contributed by atoms with Gasteiger partial charge in [0.25, 0.3) is 0 Å². The van der Waals surface area contributed by atoms with Gasteiger partial charge in [-0.3, -0.25) is 4.98 Å². The number of benzene rings is 1. The smallest absolute Gasteiger partial charge is 0.335 e. The van der Waals surface area contributed by atoms with Crippen LogP contribution in [0.25, 0.3) is 0 Å². The summed E-state index contributed by atoms with van der Waals surface area (Å²) in [6, 6.07) is 7.08. The first-order chi connectivity index (χ1) is 10.7. The minimum atomic E-state index is -3.75. The van der Waals surface area contributed by atoms with Crippen LogP contribution in [0.5, 0.6) is 0 Å². The Bertz CT molecular complexity index is 847. The average molecular weight is 334 g/mol. The van der Waals surface area contributed by atoms with Crippen molar-refractivity contribution in [3.63, 3.8) is 0 Å². The van der Waals surface area contributed by atoms with E-state index in [1.54, 1.807) is 26.1 Å². The van der Waals surface area contributed by atoms with E-state index in [2.05, 4.69) is 9.71 Å². The predicted molar refractivity (Wildman–Crippen MR) is 85.8 cm³/mol. The van der Waals surface area contributed by atoms with Crippen molar-refractivity contribution in [1.82, 2.24) is 9.71 Å². The zero-order chi connectivity index (χ0) is 17.2. The van der Waals surface area contributed by atoms with Crippen molar-refractivity contribution in [1.29, 1.82) is 0 Å². The van der Waals surface area contributed by atoms with E-state index in [1.165, 1.54) is 18.2 Å². The number of nitrogens with zero attached hydrogens (tertiary/aromatic N) is 1. The topological polar surface area (TPSA) is 96.4 Å². The average Bonchev–Trinajstić information content (AvgIpc) is 2.46. The van der Waals surface area contributed by atoms with Gasteiger partial charge in [-0.1, -0.05) is 0 Å². The Balaban J connectivity index is 2.28. The third-order valence-corrected chi connectivity index (χ3v) is 5.03. The molecule has 0 aliphatic carbocycles. The highest BCUT2D eigenvalue weighted by molar-refractivity contribution is 7.89. The maximum Gasteiger partial charge on any atom is 0.335 e. The molecule has 1 aromatic carbocycles. The monoisotopic (exact) mass is 334 g/mol. The van der Waals surface area contributed by atoms with Crippen LogP contribution >= 0.6 is 0 Å². The lowest BCUT2D eigenvalue weighted by Gasteiger charge is -2.15. The molecular weight excluding hydrogens is 316 g/mol. The van der Waals surface area contributed by atoms with E-state index in [4.69, 9.17) is 5.11 Å². The van der Waals surface area contributed by atoms with Crippen LogP contribution in [0.1, 0.15) is 40.1 Å². The molecule has 6 nitrogen and oxygen atoms in total. The lowest BCUT2D eigenvalue weighted by Crippen LogP contribution is -2.27. The van der Waals surface area contributed by atoms with Crippen molar-refractivity contribution in [2.75, 3.05) is 0 Å². The van der Waals surface area contributed by atoms with Gasteiger partial charge in [-0.25, -0.2) is 17.9 Å². The molecule has 0 amide bonds. The zero-order valence-corrected chi connectivity index (χ0v) is 13.9. The summed E-state index contributed by atoms with van der Waals surface area (Å²) in [7, 11) is -3.75. The van der Waals surface area contributed by atoms with Crippen molar-refractivity contribution in [2.45, 2.75) is 31.7 Å². The van der Waals surface area contributed by atoms with Crippen LogP contribution in [0.2, 0.25) is 0 Å². The molecule has 2 N–H and O–H groups in total. The summed E-state index contributed by atoms with van der Waals surface area (Å²) < 4.78 is 27.5. The molecule has 1 unspecified atom stereocenters. The van der Waals surface area contributed by atoms with Gasteiger partial charge in [0.1, 0.15) is 0 Å². The quantitative estimate of drug-likeness (QED) is 0.875. The first-order valence-corrected chi connectivity index (χ1v) is 8.48. The zero-order valence-electron chi connectivity index (χ0n) is 13.1. The molecule has 0 saturated heterocycles. The number of pyridine rings is 1. The lowest BCUT2D eigenvalue weighted by molar-refractivity contribution is 0.0696. The van der Waals surface area contributed by atoms with Gasteiger partial charge >= 0.3 is 5.97 Å². The van der Waals surface area contributed by atoms with E-state index in [0.29, 0.717) is 5.56 Å². The molecule has 0 spiro atoms. The maximum absolute atomic E-state index is 12.5. The number of hydrogen-bond donors (Lipinski definition) is 2. The highest BCUT2D eigenvalue weighted by Gasteiger charge is 2.20. The van der Waals surface area contributed by atoms with E-state index in [0.717, 1.165) is 11.3 Å². The van der Waals surface area contributed by atoms with Gasteiger partial charge in [-0.05, 0) is 62.2 Å². The van der Waals surface area contributed by atoms with Crippen LogP contribution in [-0.4, -0.2) is 24.5 Å². The Hall–Kier alpha value is -2.25. The number of carboxylic acids is 1. The normalized spacial score (nSPS) is 12.8. The number of aromatic nitrogens is 1. The predicted octanol–water partition coefficient (Wildman–Crippen LogP) is 2.44. The molecule has 0 bridgehead atoms. The number of aryl methyl sites for hydroxylation is 2. The summed E-state index contributed by atoms with van der Waals surface area (Å²) in [5.74, 6) is -1.08. The molecule has 1 atom stereocenters. The summed E-state index contributed by atoms with van der Waals surface area (Å²) in [6.45, 7) is 5.14. The molecule has 0 aliphatic rings. The number of aromatic carboxylic acids is 1. The maximum atomic E-state index is 12.5. The summed E-state index contributed by atoms with van der Waals surface area (Å²) in [5.41, 5.74) is 2.09. The standard InChI is InChI=1S/C16H18N2O4S/c1-10-8-14(4-5-15(10)16(19)20)23(21,22)18-12(3)13-6-7-17-11(2)9-13/h4-9,12,18H,1-3H3,(H,19,20). The fourth-order valence-corrected chi connectivity index (χ4v) is 3.57. The van der Waals surface area contributed by atoms with Gasteiger partial charge in [0.15, 0.2) is 0 Å². The van der Waals surface area contributed by atoms with Gasteiger partial charge in [0.2, 0.25) is 10.0 Å². The highest BCUT2D eigenvalue weighted by Crippen LogP contribution is 2.19. The Kier molecular flexibility index (Phi) is 4.82. The van der Waals surface area contributed by atoms with Crippen molar-refractivity contribution < 1.29 is 18.3 Å². The molecular formula is C16H18N2O4S. The van der Waals surface area contributed by atoms with Crippen LogP contribution in [0, 0.1) is 13.8 Å². The summed E-state index contributed by atoms with van der Waals surface area (Å²) in [4.78, 5) is 15.1. The second kappa shape index (κ2) is 6.47. The minimum absolute atomic E-state index is 0.0395. The van der Waals surface area contributed by atoms with E-state index < -0.39 is 22.0 Å². The van der Waals surface area contributed by atoms with Crippen molar-refractivity contribution >= 4 is 16.0 Å². The van der Waals surface area contributed by atoms with Crippen molar-refractivity contribution in [3.8, 4) is 0 Å². The Morgan fingerprint density at radius 1 is 1.22 bits per heavy atom. The molecule has 0 aliphatic heterocycles. The molecule has 1 aromatic heterocycles. The van der Waals surface area contributed by atoms with E-state index in [-0.39, 0.29) is 10.5 Å². The summed E-state index contributed by atoms with van der Waals surface area (Å²) in [5, 5.41) is 9.01. The number of nitrogens with one attached hydrogen (secondary N) is 1. The van der Waals surface area contributed by atoms with Gasteiger partial charge in [0.05, 0.1) is 10.5 Å². The van der Waals surface area contributed by atoms with Crippen molar-refractivity contribution in [3.05, 3.63) is 58.9 Å². The molecule has 0 saturated carbocycles. The van der Waals surface area contributed by atoms with Crippen LogP contribution in [0.3, 0.4) is 0 Å². The third-order valence-electron chi connectivity index (χ3n) is 3.49. The number of carboxylic acid groups (broad SMARTS) is 1. The molecule has 122 valence electrons. The third kappa shape index (κ3) is 3.94. The highest BCUT2D eigenvalue weighted by atomic mass is 32.2. The Morgan fingerprint density at radius 3 is 2.48 bits per heavy atom. The van der Waals surface area contributed by atoms with Gasteiger partial charge in [-0.2, -0.15) is 0 Å².